The molecule has 0 spiro atoms. The molecule has 1 unspecified atom stereocenters. The fourth-order valence-electron chi connectivity index (χ4n) is 1.75. The topological polar surface area (TPSA) is 43.0 Å². The van der Waals surface area contributed by atoms with E-state index in [0.717, 1.165) is 28.8 Å². The lowest BCUT2D eigenvalue weighted by molar-refractivity contribution is 0.444. The Bertz CT molecular complexity index is 478. The monoisotopic (exact) mass is 297 g/mol. The van der Waals surface area contributed by atoms with Crippen molar-refractivity contribution in [2.75, 3.05) is 6.54 Å². The third kappa shape index (κ3) is 2.79. The van der Waals surface area contributed by atoms with E-state index in [4.69, 9.17) is 4.42 Å². The Hall–Kier alpha value is -1.07. The summed E-state index contributed by atoms with van der Waals surface area (Å²) in [6.45, 7) is 3.08. The number of furan rings is 1. The zero-order chi connectivity index (χ0) is 12.3. The molecule has 0 aromatic carbocycles. The zero-order valence-electron chi connectivity index (χ0n) is 9.98. The Kier molecular flexibility index (Phi) is 4.02. The van der Waals surface area contributed by atoms with E-state index in [2.05, 4.69) is 33.3 Å². The summed E-state index contributed by atoms with van der Waals surface area (Å²) >= 11 is 3.50. The third-order valence-corrected chi connectivity index (χ3v) is 3.22. The molecule has 2 heterocycles. The molecule has 0 aliphatic rings. The summed E-state index contributed by atoms with van der Waals surface area (Å²) in [5.74, 6) is 0.895. The van der Waals surface area contributed by atoms with Gasteiger partial charge in [-0.2, -0.15) is 5.10 Å². The highest BCUT2D eigenvalue weighted by Crippen LogP contribution is 2.29. The van der Waals surface area contributed by atoms with Crippen molar-refractivity contribution in [1.82, 2.24) is 15.1 Å². The molecular weight excluding hydrogens is 282 g/mol. The lowest BCUT2D eigenvalue weighted by atomic mass is 10.1. The van der Waals surface area contributed by atoms with Crippen molar-refractivity contribution >= 4 is 15.9 Å². The molecule has 0 aliphatic carbocycles. The molecule has 0 saturated carbocycles. The number of nitrogens with one attached hydrogen (secondary N) is 1. The van der Waals surface area contributed by atoms with Crippen LogP contribution in [0.5, 0.6) is 0 Å². The molecule has 0 radical (unpaired) electrons. The van der Waals surface area contributed by atoms with Gasteiger partial charge >= 0.3 is 0 Å². The molecule has 2 aromatic heterocycles. The van der Waals surface area contributed by atoms with Crippen molar-refractivity contribution in [3.05, 3.63) is 40.5 Å². The Morgan fingerprint density at radius 1 is 1.59 bits per heavy atom. The molecule has 92 valence electrons. The molecule has 0 fully saturated rings. The van der Waals surface area contributed by atoms with Crippen LogP contribution >= 0.6 is 15.9 Å². The van der Waals surface area contributed by atoms with Crippen LogP contribution < -0.4 is 5.32 Å². The minimum absolute atomic E-state index is 0.0491. The van der Waals surface area contributed by atoms with Crippen LogP contribution in [0.3, 0.4) is 0 Å². The lowest BCUT2D eigenvalue weighted by Crippen LogP contribution is -2.22. The van der Waals surface area contributed by atoms with Gasteiger partial charge in [0.2, 0.25) is 0 Å². The number of nitrogens with zero attached hydrogens (tertiary/aromatic N) is 2. The first-order chi connectivity index (χ1) is 8.22. The SMILES string of the molecule is CCCNC(c1cnn(C)c1)c1occc1Br. The maximum atomic E-state index is 5.54. The van der Waals surface area contributed by atoms with Gasteiger partial charge in [-0.15, -0.1) is 0 Å². The largest absolute Gasteiger partial charge is 0.466 e. The summed E-state index contributed by atoms with van der Waals surface area (Å²) in [6.07, 6.45) is 6.63. The average Bonchev–Trinajstić information content (AvgIpc) is 2.90. The first kappa shape index (κ1) is 12.4. The Labute approximate surface area is 109 Å². The van der Waals surface area contributed by atoms with E-state index >= 15 is 0 Å². The number of hydrogen-bond acceptors (Lipinski definition) is 3. The van der Waals surface area contributed by atoms with E-state index in [1.54, 1.807) is 10.9 Å². The van der Waals surface area contributed by atoms with Crippen LogP contribution in [0.1, 0.15) is 30.7 Å². The molecule has 17 heavy (non-hydrogen) atoms. The van der Waals surface area contributed by atoms with Gasteiger partial charge in [-0.3, -0.25) is 4.68 Å². The number of aryl methyl sites for hydroxylation is 1. The summed E-state index contributed by atoms with van der Waals surface area (Å²) < 4.78 is 8.32. The average molecular weight is 298 g/mol. The van der Waals surface area contributed by atoms with Crippen molar-refractivity contribution in [2.45, 2.75) is 19.4 Å². The molecule has 5 heteroatoms. The van der Waals surface area contributed by atoms with Gasteiger partial charge in [-0.1, -0.05) is 6.92 Å². The molecule has 0 aliphatic heterocycles. The van der Waals surface area contributed by atoms with Crippen molar-refractivity contribution < 1.29 is 4.42 Å². The summed E-state index contributed by atoms with van der Waals surface area (Å²) in [4.78, 5) is 0. The Morgan fingerprint density at radius 2 is 2.41 bits per heavy atom. The van der Waals surface area contributed by atoms with Gasteiger partial charge in [0, 0.05) is 18.8 Å². The van der Waals surface area contributed by atoms with Crippen molar-refractivity contribution in [3.8, 4) is 0 Å². The van der Waals surface area contributed by atoms with E-state index in [-0.39, 0.29) is 6.04 Å². The highest BCUT2D eigenvalue weighted by atomic mass is 79.9. The maximum absolute atomic E-state index is 5.54. The first-order valence-corrected chi connectivity index (χ1v) is 6.46. The molecule has 0 saturated heterocycles. The number of halogens is 1. The van der Waals surface area contributed by atoms with Crippen molar-refractivity contribution in [3.63, 3.8) is 0 Å². The predicted octanol–water partition coefficient (Wildman–Crippen LogP) is 2.86. The van der Waals surface area contributed by atoms with Crippen LogP contribution in [-0.2, 0) is 7.05 Å². The highest BCUT2D eigenvalue weighted by molar-refractivity contribution is 9.10. The van der Waals surface area contributed by atoms with E-state index in [0.29, 0.717) is 0 Å². The molecule has 1 atom stereocenters. The van der Waals surface area contributed by atoms with Gasteiger partial charge in [0.05, 0.1) is 23.0 Å². The van der Waals surface area contributed by atoms with Crippen molar-refractivity contribution in [2.24, 2.45) is 7.05 Å². The van der Waals surface area contributed by atoms with Crippen LogP contribution in [-0.4, -0.2) is 16.3 Å². The number of aromatic nitrogens is 2. The van der Waals surface area contributed by atoms with Crippen molar-refractivity contribution in [1.29, 1.82) is 0 Å². The van der Waals surface area contributed by atoms with Crippen LogP contribution in [0.2, 0.25) is 0 Å². The molecule has 0 amide bonds. The Balaban J connectivity index is 2.28. The maximum Gasteiger partial charge on any atom is 0.139 e. The van der Waals surface area contributed by atoms with Crippen LogP contribution in [0.15, 0.2) is 33.6 Å². The van der Waals surface area contributed by atoms with Gasteiger partial charge in [0.25, 0.3) is 0 Å². The number of rotatable bonds is 5. The summed E-state index contributed by atoms with van der Waals surface area (Å²) in [6, 6.07) is 1.96. The van der Waals surface area contributed by atoms with E-state index < -0.39 is 0 Å². The van der Waals surface area contributed by atoms with Gasteiger partial charge in [0.1, 0.15) is 5.76 Å². The summed E-state index contributed by atoms with van der Waals surface area (Å²) in [5, 5.41) is 7.67. The fraction of sp³-hybridized carbons (Fsp3) is 0.417. The van der Waals surface area contributed by atoms with Crippen LogP contribution in [0.25, 0.3) is 0 Å². The molecule has 0 bridgehead atoms. The summed E-state index contributed by atoms with van der Waals surface area (Å²) in [7, 11) is 1.91. The molecular formula is C12H16BrN3O. The van der Waals surface area contributed by atoms with E-state index in [9.17, 15) is 0 Å². The second kappa shape index (κ2) is 5.51. The van der Waals surface area contributed by atoms with Gasteiger partial charge in [0.15, 0.2) is 0 Å². The zero-order valence-corrected chi connectivity index (χ0v) is 11.6. The molecule has 1 N–H and O–H groups in total. The fourth-order valence-corrected chi connectivity index (χ4v) is 2.18. The van der Waals surface area contributed by atoms with Gasteiger partial charge < -0.3 is 9.73 Å². The van der Waals surface area contributed by atoms with Gasteiger partial charge in [-0.05, 0) is 35.0 Å². The second-order valence-corrected chi connectivity index (χ2v) is 4.82. The quantitative estimate of drug-likeness (QED) is 0.923. The highest BCUT2D eigenvalue weighted by Gasteiger charge is 2.20. The van der Waals surface area contributed by atoms with E-state index in [1.165, 1.54) is 0 Å². The van der Waals surface area contributed by atoms with Crippen LogP contribution in [0, 0.1) is 0 Å². The first-order valence-electron chi connectivity index (χ1n) is 5.67. The van der Waals surface area contributed by atoms with Crippen LogP contribution in [0.4, 0.5) is 0 Å². The summed E-state index contributed by atoms with van der Waals surface area (Å²) in [5.41, 5.74) is 1.11. The molecule has 2 aromatic rings. The third-order valence-electron chi connectivity index (χ3n) is 2.56. The lowest BCUT2D eigenvalue weighted by Gasteiger charge is -2.15. The molecule has 4 nitrogen and oxygen atoms in total. The van der Waals surface area contributed by atoms with Gasteiger partial charge in [-0.25, -0.2) is 0 Å². The second-order valence-electron chi connectivity index (χ2n) is 3.97. The predicted molar refractivity (Wildman–Crippen MR) is 69.8 cm³/mol. The Morgan fingerprint density at radius 3 is 2.94 bits per heavy atom. The van der Waals surface area contributed by atoms with E-state index in [1.807, 2.05) is 25.5 Å². The minimum Gasteiger partial charge on any atom is -0.466 e. The minimum atomic E-state index is 0.0491. The number of hydrogen-bond donors (Lipinski definition) is 1. The standard InChI is InChI=1S/C12H16BrN3O/c1-3-5-14-11(9-7-15-16(2)8-9)12-10(13)4-6-17-12/h4,6-8,11,14H,3,5H2,1-2H3. The smallest absolute Gasteiger partial charge is 0.139 e. The molecule has 2 rings (SSSR count). The normalized spacial score (nSPS) is 12.9.